The maximum atomic E-state index is 13.1. The number of sulfonamides is 1. The highest BCUT2D eigenvalue weighted by Gasteiger charge is 2.17. The Morgan fingerprint density at radius 1 is 1.00 bits per heavy atom. The molecule has 0 aliphatic heterocycles. The Kier molecular flexibility index (Phi) is 6.62. The molecule has 9 heteroatoms. The van der Waals surface area contributed by atoms with Gasteiger partial charge in [-0.2, -0.15) is 0 Å². The van der Waals surface area contributed by atoms with Crippen LogP contribution in [0.1, 0.15) is 21.6 Å². The summed E-state index contributed by atoms with van der Waals surface area (Å²) >= 11 is 0. The number of nitrogens with one attached hydrogen (secondary N) is 1. The van der Waals surface area contributed by atoms with Crippen molar-refractivity contribution in [3.63, 3.8) is 0 Å². The zero-order chi connectivity index (χ0) is 23.3. The quantitative estimate of drug-likeness (QED) is 0.389. The number of rotatable bonds is 8. The molecule has 0 bridgehead atoms. The number of halogens is 1. The third-order valence-corrected chi connectivity index (χ3v) is 6.08. The highest BCUT2D eigenvalue weighted by molar-refractivity contribution is 7.89. The molecule has 1 aromatic heterocycles. The molecule has 0 amide bonds. The third kappa shape index (κ3) is 5.71. The summed E-state index contributed by atoms with van der Waals surface area (Å²) in [6, 6.07) is 20.3. The molecular weight excluding hydrogens is 447 g/mol. The normalized spacial score (nSPS) is 11.3. The Morgan fingerprint density at radius 2 is 1.76 bits per heavy atom. The summed E-state index contributed by atoms with van der Waals surface area (Å²) in [5.74, 6) is -0.820. The maximum Gasteiger partial charge on any atom is 0.338 e. The SMILES string of the molecule is O=C(OCc1coc(-c2ccc(F)cc2)n1)c1cccc(S(=O)(=O)NCc2ccccc2)c1. The van der Waals surface area contributed by atoms with Gasteiger partial charge in [-0.25, -0.2) is 27.3 Å². The summed E-state index contributed by atoms with van der Waals surface area (Å²) in [5, 5.41) is 0. The highest BCUT2D eigenvalue weighted by atomic mass is 32.2. The fraction of sp³-hybridized carbons (Fsp3) is 0.0833. The van der Waals surface area contributed by atoms with Crippen LogP contribution in [0.4, 0.5) is 4.39 Å². The van der Waals surface area contributed by atoms with Gasteiger partial charge in [0.15, 0.2) is 0 Å². The van der Waals surface area contributed by atoms with E-state index in [4.69, 9.17) is 9.15 Å². The van der Waals surface area contributed by atoms with E-state index in [-0.39, 0.29) is 35.3 Å². The van der Waals surface area contributed by atoms with Gasteiger partial charge >= 0.3 is 5.97 Å². The first kappa shape index (κ1) is 22.4. The monoisotopic (exact) mass is 466 g/mol. The van der Waals surface area contributed by atoms with Crippen LogP contribution >= 0.6 is 0 Å². The van der Waals surface area contributed by atoms with Gasteiger partial charge in [0.25, 0.3) is 0 Å². The molecule has 1 heterocycles. The number of oxazole rings is 1. The molecule has 0 fully saturated rings. The van der Waals surface area contributed by atoms with E-state index in [9.17, 15) is 17.6 Å². The second kappa shape index (κ2) is 9.76. The van der Waals surface area contributed by atoms with Gasteiger partial charge in [-0.15, -0.1) is 0 Å². The van der Waals surface area contributed by atoms with Gasteiger partial charge in [0, 0.05) is 12.1 Å². The summed E-state index contributed by atoms with van der Waals surface area (Å²) in [7, 11) is -3.82. The average Bonchev–Trinajstić information content (AvgIpc) is 3.31. The Bertz CT molecular complexity index is 1350. The molecule has 0 saturated carbocycles. The molecular formula is C24H19FN2O5S. The second-order valence-corrected chi connectivity index (χ2v) is 8.83. The van der Waals surface area contributed by atoms with Gasteiger partial charge in [0.05, 0.1) is 10.5 Å². The zero-order valence-electron chi connectivity index (χ0n) is 17.3. The van der Waals surface area contributed by atoms with Crippen molar-refractivity contribution in [1.82, 2.24) is 9.71 Å². The first-order valence-electron chi connectivity index (χ1n) is 9.92. The number of esters is 1. The molecule has 0 saturated heterocycles. The van der Waals surface area contributed by atoms with Crippen LogP contribution in [0, 0.1) is 5.82 Å². The van der Waals surface area contributed by atoms with Crippen molar-refractivity contribution in [2.45, 2.75) is 18.0 Å². The summed E-state index contributed by atoms with van der Waals surface area (Å²) < 4.78 is 51.4. The predicted octanol–water partition coefficient (Wildman–Crippen LogP) is 4.32. The molecule has 7 nitrogen and oxygen atoms in total. The van der Waals surface area contributed by atoms with Gasteiger partial charge in [0.1, 0.15) is 24.4 Å². The topological polar surface area (TPSA) is 98.5 Å². The molecule has 0 aliphatic rings. The van der Waals surface area contributed by atoms with E-state index in [1.807, 2.05) is 30.3 Å². The van der Waals surface area contributed by atoms with E-state index in [0.717, 1.165) is 5.56 Å². The number of nitrogens with zero attached hydrogens (tertiary/aromatic N) is 1. The standard InChI is InChI=1S/C24H19FN2O5S/c25-20-11-9-18(10-12-20)23-27-21(15-31-23)16-32-24(28)19-7-4-8-22(13-19)33(29,30)26-14-17-5-2-1-3-6-17/h1-13,15,26H,14,16H2. The number of aromatic nitrogens is 1. The molecule has 0 unspecified atom stereocenters. The van der Waals surface area contributed by atoms with Gasteiger partial charge in [0.2, 0.25) is 15.9 Å². The predicted molar refractivity (Wildman–Crippen MR) is 118 cm³/mol. The number of hydrogen-bond donors (Lipinski definition) is 1. The lowest BCUT2D eigenvalue weighted by molar-refractivity contribution is 0.0467. The molecule has 0 aliphatic carbocycles. The number of ether oxygens (including phenoxy) is 1. The minimum absolute atomic E-state index is 0.0482. The summed E-state index contributed by atoms with van der Waals surface area (Å²) in [5.41, 5.74) is 1.83. The number of carbonyl (C=O) groups is 1. The molecule has 168 valence electrons. The molecule has 4 rings (SSSR count). The van der Waals surface area contributed by atoms with E-state index >= 15 is 0 Å². The van der Waals surface area contributed by atoms with E-state index in [0.29, 0.717) is 11.3 Å². The lowest BCUT2D eigenvalue weighted by Crippen LogP contribution is -2.23. The number of hydrogen-bond acceptors (Lipinski definition) is 6. The Balaban J connectivity index is 1.39. The van der Waals surface area contributed by atoms with E-state index in [1.165, 1.54) is 54.8 Å². The molecule has 1 N–H and O–H groups in total. The van der Waals surface area contributed by atoms with E-state index in [1.54, 1.807) is 0 Å². The summed E-state index contributed by atoms with van der Waals surface area (Å²) in [6.07, 6.45) is 1.33. The second-order valence-electron chi connectivity index (χ2n) is 7.07. The van der Waals surface area contributed by atoms with Crippen molar-refractivity contribution in [2.24, 2.45) is 0 Å². The first-order chi connectivity index (χ1) is 15.9. The van der Waals surface area contributed by atoms with E-state index < -0.39 is 16.0 Å². The minimum atomic E-state index is -3.82. The zero-order valence-corrected chi connectivity index (χ0v) is 18.1. The van der Waals surface area contributed by atoms with Crippen molar-refractivity contribution < 1.29 is 26.8 Å². The van der Waals surface area contributed by atoms with Gasteiger partial charge in [-0.05, 0) is 48.0 Å². The van der Waals surface area contributed by atoms with Crippen LogP contribution in [0.3, 0.4) is 0 Å². The lowest BCUT2D eigenvalue weighted by atomic mass is 10.2. The molecule has 0 atom stereocenters. The number of benzene rings is 3. The highest BCUT2D eigenvalue weighted by Crippen LogP contribution is 2.20. The Labute approximate surface area is 189 Å². The fourth-order valence-electron chi connectivity index (χ4n) is 2.97. The Hall–Kier alpha value is -3.82. The van der Waals surface area contributed by atoms with Crippen LogP contribution in [0.15, 0.2) is 94.4 Å². The third-order valence-electron chi connectivity index (χ3n) is 4.68. The van der Waals surface area contributed by atoms with Crippen molar-refractivity contribution in [2.75, 3.05) is 0 Å². The van der Waals surface area contributed by atoms with Crippen LogP contribution in [0.2, 0.25) is 0 Å². The van der Waals surface area contributed by atoms with Crippen molar-refractivity contribution in [3.8, 4) is 11.5 Å². The van der Waals surface area contributed by atoms with Gasteiger partial charge in [-0.1, -0.05) is 36.4 Å². The molecule has 33 heavy (non-hydrogen) atoms. The van der Waals surface area contributed by atoms with Crippen molar-refractivity contribution >= 4 is 16.0 Å². The number of carbonyl (C=O) groups excluding carboxylic acids is 1. The minimum Gasteiger partial charge on any atom is -0.455 e. The molecule has 3 aromatic carbocycles. The molecule has 0 radical (unpaired) electrons. The van der Waals surface area contributed by atoms with Gasteiger partial charge in [-0.3, -0.25) is 0 Å². The largest absolute Gasteiger partial charge is 0.455 e. The van der Waals surface area contributed by atoms with E-state index in [2.05, 4.69) is 9.71 Å². The van der Waals surface area contributed by atoms with Crippen molar-refractivity contribution in [3.05, 3.63) is 108 Å². The lowest BCUT2D eigenvalue weighted by Gasteiger charge is -2.08. The maximum absolute atomic E-state index is 13.1. The average molecular weight is 466 g/mol. The van der Waals surface area contributed by atoms with Crippen LogP contribution in [0.5, 0.6) is 0 Å². The van der Waals surface area contributed by atoms with Crippen LogP contribution < -0.4 is 4.72 Å². The molecule has 0 spiro atoms. The Morgan fingerprint density at radius 3 is 2.52 bits per heavy atom. The summed E-state index contributed by atoms with van der Waals surface area (Å²) in [4.78, 5) is 16.6. The van der Waals surface area contributed by atoms with Crippen LogP contribution in [-0.4, -0.2) is 19.4 Å². The molecule has 4 aromatic rings. The first-order valence-corrected chi connectivity index (χ1v) is 11.4. The fourth-order valence-corrected chi connectivity index (χ4v) is 4.03. The summed E-state index contributed by atoms with van der Waals surface area (Å²) in [6.45, 7) is -0.0485. The van der Waals surface area contributed by atoms with Crippen molar-refractivity contribution in [1.29, 1.82) is 0 Å². The van der Waals surface area contributed by atoms with Crippen LogP contribution in [0.25, 0.3) is 11.5 Å². The van der Waals surface area contributed by atoms with Gasteiger partial charge < -0.3 is 9.15 Å². The smallest absolute Gasteiger partial charge is 0.338 e. The van der Waals surface area contributed by atoms with Crippen LogP contribution in [-0.2, 0) is 27.9 Å².